The molecule has 234 valence electrons. The van der Waals surface area contributed by atoms with Gasteiger partial charge in [-0.2, -0.15) is 0 Å². The summed E-state index contributed by atoms with van der Waals surface area (Å²) >= 11 is 0. The van der Waals surface area contributed by atoms with Gasteiger partial charge in [0.05, 0.1) is 13.2 Å². The van der Waals surface area contributed by atoms with Gasteiger partial charge in [0.2, 0.25) is 0 Å². The van der Waals surface area contributed by atoms with Crippen LogP contribution in [0.2, 0.25) is 0 Å². The fraction of sp³-hybridized carbons (Fsp3) is 0.500. The summed E-state index contributed by atoms with van der Waals surface area (Å²) < 4.78 is 10.0. The molecule has 0 saturated carbocycles. The van der Waals surface area contributed by atoms with Gasteiger partial charge in [-0.25, -0.2) is 0 Å². The second-order valence-corrected chi connectivity index (χ2v) is 10.2. The molecule has 4 rings (SSSR count). The van der Waals surface area contributed by atoms with Gasteiger partial charge >= 0.3 is 0 Å². The maximum absolute atomic E-state index is 11.7. The summed E-state index contributed by atoms with van der Waals surface area (Å²) in [5.74, 6) is -0.394. The van der Waals surface area contributed by atoms with Crippen molar-refractivity contribution >= 4 is 11.6 Å². The van der Waals surface area contributed by atoms with E-state index in [-0.39, 0.29) is 31.0 Å². The molecule has 0 spiro atoms. The normalized spacial score (nSPS) is 37.6. The molecular formula is C28H38N2O12Zn. The molecule has 10 N–H and O–H groups in total. The van der Waals surface area contributed by atoms with Gasteiger partial charge in [-0.05, 0) is 49.3 Å². The molecule has 0 aromatic rings. The minimum atomic E-state index is -1.42. The van der Waals surface area contributed by atoms with E-state index in [0.29, 0.717) is 11.1 Å². The average Bonchev–Trinajstić information content (AvgIpc) is 2.94. The van der Waals surface area contributed by atoms with Crippen LogP contribution >= 0.6 is 0 Å². The SMILES string of the molecule is CC1=CC(=O)/C(=C/N[C@H]2C(O)O[C@H](CO)[C@@H](O)[C@@H]2O)C=C1.CC1=CC(=O)/C(=C\N[C@H]2C(O)O[C@H](CO)[C@@H](O)[C@@H]2O)C=C1.[Zn]. The average molecular weight is 660 g/mol. The van der Waals surface area contributed by atoms with E-state index in [1.807, 2.05) is 0 Å². The quantitative estimate of drug-likeness (QED) is 0.0993. The molecule has 10 atom stereocenters. The smallest absolute Gasteiger partial charge is 0.187 e. The third kappa shape index (κ3) is 9.30. The van der Waals surface area contributed by atoms with Crippen molar-refractivity contribution < 1.29 is 79.4 Å². The van der Waals surface area contributed by atoms with Crippen molar-refractivity contribution in [2.45, 2.75) is 75.1 Å². The Labute approximate surface area is 260 Å². The van der Waals surface area contributed by atoms with E-state index in [0.717, 1.165) is 11.1 Å². The molecule has 0 amide bonds. The van der Waals surface area contributed by atoms with Crippen LogP contribution in [0.4, 0.5) is 0 Å². The Hall–Kier alpha value is -2.40. The topological polar surface area (TPSA) is 238 Å². The van der Waals surface area contributed by atoms with Crippen molar-refractivity contribution in [2.75, 3.05) is 13.2 Å². The number of aliphatic hydroxyl groups excluding tert-OH is 8. The van der Waals surface area contributed by atoms with E-state index in [1.54, 1.807) is 38.2 Å². The summed E-state index contributed by atoms with van der Waals surface area (Å²) in [6, 6.07) is -2.02. The van der Waals surface area contributed by atoms with Gasteiger partial charge in [-0.3, -0.25) is 9.59 Å². The number of hydrogen-bond donors (Lipinski definition) is 10. The summed E-state index contributed by atoms with van der Waals surface area (Å²) in [5.41, 5.74) is 2.39. The van der Waals surface area contributed by atoms with Crippen molar-refractivity contribution in [3.8, 4) is 0 Å². The summed E-state index contributed by atoms with van der Waals surface area (Å²) in [6.07, 6.45) is 2.07. The van der Waals surface area contributed by atoms with Gasteiger partial charge in [-0.15, -0.1) is 0 Å². The maximum atomic E-state index is 11.7. The van der Waals surface area contributed by atoms with Gasteiger partial charge in [0, 0.05) is 43.0 Å². The number of nitrogens with one attached hydrogen (secondary N) is 2. The summed E-state index contributed by atoms with van der Waals surface area (Å²) in [7, 11) is 0. The molecule has 0 aromatic heterocycles. The summed E-state index contributed by atoms with van der Waals surface area (Å²) in [4.78, 5) is 23.5. The number of carbonyl (C=O) groups is 2. The number of ether oxygens (including phenoxy) is 2. The molecule has 0 bridgehead atoms. The van der Waals surface area contributed by atoms with Crippen molar-refractivity contribution in [3.63, 3.8) is 0 Å². The van der Waals surface area contributed by atoms with E-state index in [2.05, 4.69) is 10.6 Å². The molecule has 2 saturated heterocycles. The van der Waals surface area contributed by atoms with Crippen molar-refractivity contribution in [1.82, 2.24) is 10.6 Å². The largest absolute Gasteiger partial charge is 0.394 e. The van der Waals surface area contributed by atoms with E-state index in [1.165, 1.54) is 24.6 Å². The van der Waals surface area contributed by atoms with Crippen LogP contribution in [0.1, 0.15) is 13.8 Å². The van der Waals surface area contributed by atoms with E-state index in [9.17, 15) is 40.2 Å². The van der Waals surface area contributed by atoms with Gasteiger partial charge in [0.25, 0.3) is 0 Å². The van der Waals surface area contributed by atoms with Crippen molar-refractivity contribution in [2.24, 2.45) is 0 Å². The minimum Gasteiger partial charge on any atom is -0.394 e. The summed E-state index contributed by atoms with van der Waals surface area (Å²) in [5, 5.41) is 82.3. The predicted molar refractivity (Wildman–Crippen MR) is 146 cm³/mol. The molecule has 14 nitrogen and oxygen atoms in total. The zero-order valence-electron chi connectivity index (χ0n) is 23.7. The third-order valence-electron chi connectivity index (χ3n) is 7.00. The number of aliphatic hydroxyl groups is 8. The van der Waals surface area contributed by atoms with E-state index >= 15 is 0 Å². The molecule has 2 heterocycles. The minimum absolute atomic E-state index is 0. The monoisotopic (exact) mass is 658 g/mol. The molecule has 2 aliphatic heterocycles. The van der Waals surface area contributed by atoms with E-state index < -0.39 is 74.5 Å². The molecule has 2 unspecified atom stereocenters. The van der Waals surface area contributed by atoms with Crippen LogP contribution in [0, 0.1) is 0 Å². The third-order valence-corrected chi connectivity index (χ3v) is 7.00. The Morgan fingerprint density at radius 1 is 0.651 bits per heavy atom. The van der Waals surface area contributed by atoms with Crippen molar-refractivity contribution in [1.29, 1.82) is 0 Å². The fourth-order valence-corrected chi connectivity index (χ4v) is 4.45. The first-order chi connectivity index (χ1) is 19.9. The Balaban J connectivity index is 0.000000293. The Kier molecular flexibility index (Phi) is 14.2. The van der Waals surface area contributed by atoms with Crippen LogP contribution < -0.4 is 10.6 Å². The number of rotatable bonds is 6. The van der Waals surface area contributed by atoms with Gasteiger partial charge in [0.15, 0.2) is 24.1 Å². The van der Waals surface area contributed by atoms with Crippen molar-refractivity contribution in [3.05, 3.63) is 71.1 Å². The number of ketones is 2. The Morgan fingerprint density at radius 2 is 1.00 bits per heavy atom. The van der Waals surface area contributed by atoms with Gasteiger partial charge in [0.1, 0.15) is 48.7 Å². The van der Waals surface area contributed by atoms with Crippen LogP contribution in [-0.4, -0.2) is 127 Å². The molecule has 2 fully saturated rings. The molecule has 2 aliphatic carbocycles. The number of allylic oxidation sites excluding steroid dienone is 10. The van der Waals surface area contributed by atoms with Gasteiger partial charge < -0.3 is 61.0 Å². The molecule has 0 radical (unpaired) electrons. The zero-order valence-corrected chi connectivity index (χ0v) is 26.7. The predicted octanol–water partition coefficient (Wildman–Crippen LogP) is -3.31. The Morgan fingerprint density at radius 3 is 1.30 bits per heavy atom. The molecule has 4 aliphatic rings. The second kappa shape index (κ2) is 16.6. The first-order valence-electron chi connectivity index (χ1n) is 13.2. The van der Waals surface area contributed by atoms with Gasteiger partial charge in [-0.1, -0.05) is 12.2 Å². The van der Waals surface area contributed by atoms with E-state index in [4.69, 9.17) is 19.7 Å². The standard InChI is InChI=1S/2C14H19NO6.Zn/c2*1-7-2-3-8(9(17)4-7)5-15-11-13(19)12(18)10(6-16)21-14(11)20;/h2*2-5,10-16,18-20H,6H2,1H3;/b8-5+;8-5-;/t2*10-,11-,12-,13-,14?;/m11./s1. The molecule has 0 aromatic carbocycles. The van der Waals surface area contributed by atoms with Crippen LogP contribution in [0.3, 0.4) is 0 Å². The maximum Gasteiger partial charge on any atom is 0.187 e. The van der Waals surface area contributed by atoms with Crippen LogP contribution in [0.5, 0.6) is 0 Å². The van der Waals surface area contributed by atoms with Crippen LogP contribution in [0.25, 0.3) is 0 Å². The first kappa shape index (κ1) is 36.8. The Bertz CT molecular complexity index is 1090. The second-order valence-electron chi connectivity index (χ2n) is 10.2. The molecular weight excluding hydrogens is 622 g/mol. The summed E-state index contributed by atoms with van der Waals surface area (Å²) in [6.45, 7) is 2.56. The van der Waals surface area contributed by atoms with Crippen LogP contribution in [-0.2, 0) is 38.5 Å². The number of carbonyl (C=O) groups excluding carboxylic acids is 2. The molecule has 43 heavy (non-hydrogen) atoms. The first-order valence-corrected chi connectivity index (χ1v) is 13.2. The number of hydrogen-bond acceptors (Lipinski definition) is 14. The zero-order chi connectivity index (χ0) is 31.1. The molecule has 15 heteroatoms. The van der Waals surface area contributed by atoms with Crippen LogP contribution in [0.15, 0.2) is 71.1 Å². The fourth-order valence-electron chi connectivity index (χ4n) is 4.45.